The van der Waals surface area contributed by atoms with Crippen LogP contribution >= 0.6 is 0 Å². The number of rotatable bonds is 2. The van der Waals surface area contributed by atoms with Gasteiger partial charge in [0.15, 0.2) is 0 Å². The van der Waals surface area contributed by atoms with Gasteiger partial charge in [-0.25, -0.2) is 4.39 Å². The molecule has 0 aliphatic carbocycles. The molecule has 19 heavy (non-hydrogen) atoms. The van der Waals surface area contributed by atoms with Crippen LogP contribution in [0.5, 0.6) is 0 Å². The quantitative estimate of drug-likeness (QED) is 0.896. The van der Waals surface area contributed by atoms with E-state index in [1.807, 2.05) is 0 Å². The van der Waals surface area contributed by atoms with Crippen LogP contribution in [0.4, 0.5) is 4.39 Å². The number of ether oxygens (including phenoxy) is 1. The van der Waals surface area contributed by atoms with Gasteiger partial charge in [-0.05, 0) is 18.6 Å². The van der Waals surface area contributed by atoms with E-state index >= 15 is 0 Å². The second kappa shape index (κ2) is 5.07. The summed E-state index contributed by atoms with van der Waals surface area (Å²) < 4.78 is 24.2. The first-order chi connectivity index (χ1) is 9.24. The molecular formula is C13H14FN3O2. The first kappa shape index (κ1) is 12.3. The molecule has 0 unspecified atom stereocenters. The van der Waals surface area contributed by atoms with E-state index in [9.17, 15) is 4.39 Å². The van der Waals surface area contributed by atoms with E-state index in [4.69, 9.17) is 9.26 Å². The molecule has 5 nitrogen and oxygen atoms in total. The monoisotopic (exact) mass is 263 g/mol. The normalized spacial score (nSPS) is 19.6. The second-order valence-electron chi connectivity index (χ2n) is 4.48. The summed E-state index contributed by atoms with van der Waals surface area (Å²) in [6.45, 7) is 3.79. The van der Waals surface area contributed by atoms with Crippen molar-refractivity contribution in [3.05, 3.63) is 35.5 Å². The molecule has 1 aliphatic heterocycles. The van der Waals surface area contributed by atoms with E-state index in [0.29, 0.717) is 36.0 Å². The van der Waals surface area contributed by atoms with Crippen LogP contribution in [0, 0.1) is 12.7 Å². The molecule has 1 fully saturated rings. The molecule has 3 rings (SSSR count). The molecule has 2 heterocycles. The molecular weight excluding hydrogens is 249 g/mol. The third-order valence-corrected chi connectivity index (χ3v) is 3.07. The lowest BCUT2D eigenvalue weighted by molar-refractivity contribution is 0.00755. The van der Waals surface area contributed by atoms with Crippen LogP contribution in [-0.4, -0.2) is 29.8 Å². The smallest absolute Gasteiger partial charge is 0.257 e. The molecule has 1 aromatic carbocycles. The van der Waals surface area contributed by atoms with Crippen molar-refractivity contribution >= 4 is 0 Å². The molecule has 0 amide bonds. The van der Waals surface area contributed by atoms with Crippen molar-refractivity contribution in [2.45, 2.75) is 13.0 Å². The predicted molar refractivity (Wildman–Crippen MR) is 66.0 cm³/mol. The summed E-state index contributed by atoms with van der Waals surface area (Å²) in [5.41, 5.74) is 1.19. The van der Waals surface area contributed by atoms with Gasteiger partial charge < -0.3 is 14.6 Å². The highest BCUT2D eigenvalue weighted by atomic mass is 19.1. The Balaban J connectivity index is 1.85. The van der Waals surface area contributed by atoms with E-state index in [1.165, 1.54) is 6.07 Å². The lowest BCUT2D eigenvalue weighted by Gasteiger charge is -2.19. The summed E-state index contributed by atoms with van der Waals surface area (Å²) in [5, 5.41) is 7.06. The lowest BCUT2D eigenvalue weighted by atomic mass is 10.1. The Kier molecular flexibility index (Phi) is 3.27. The summed E-state index contributed by atoms with van der Waals surface area (Å²) in [5.74, 6) is 0.519. The Morgan fingerprint density at radius 3 is 3.05 bits per heavy atom. The standard InChI is InChI=1S/C13H14FN3O2/c1-8-2-3-9(6-10(8)14)12-16-13(19-17-12)11-7-15-4-5-18-11/h2-3,6,11,15H,4-5,7H2,1H3/t11-/m0/s1. The number of halogens is 1. The van der Waals surface area contributed by atoms with Crippen LogP contribution < -0.4 is 5.32 Å². The number of morpholine rings is 1. The lowest BCUT2D eigenvalue weighted by Crippen LogP contribution is -2.33. The third-order valence-electron chi connectivity index (χ3n) is 3.07. The molecule has 6 heteroatoms. The molecule has 100 valence electrons. The van der Waals surface area contributed by atoms with Crippen LogP contribution in [-0.2, 0) is 4.74 Å². The number of hydrogen-bond acceptors (Lipinski definition) is 5. The molecule has 1 saturated heterocycles. The maximum Gasteiger partial charge on any atom is 0.257 e. The minimum Gasteiger partial charge on any atom is -0.366 e. The SMILES string of the molecule is Cc1ccc(-c2noc([C@@H]3CNCCO3)n2)cc1F. The second-order valence-corrected chi connectivity index (χ2v) is 4.48. The van der Waals surface area contributed by atoms with Crippen molar-refractivity contribution < 1.29 is 13.7 Å². The molecule has 1 atom stereocenters. The predicted octanol–water partition coefficient (Wildman–Crippen LogP) is 1.85. The molecule has 1 N–H and O–H groups in total. The molecule has 0 radical (unpaired) electrons. The number of nitrogens with zero attached hydrogens (tertiary/aromatic N) is 2. The van der Waals surface area contributed by atoms with E-state index in [1.54, 1.807) is 19.1 Å². The van der Waals surface area contributed by atoms with Gasteiger partial charge in [0.05, 0.1) is 6.61 Å². The Hall–Kier alpha value is -1.79. The van der Waals surface area contributed by atoms with Crippen molar-refractivity contribution in [3.63, 3.8) is 0 Å². The zero-order valence-corrected chi connectivity index (χ0v) is 10.5. The molecule has 1 aliphatic rings. The van der Waals surface area contributed by atoms with E-state index in [2.05, 4.69) is 15.5 Å². The van der Waals surface area contributed by atoms with Crippen LogP contribution in [0.25, 0.3) is 11.4 Å². The van der Waals surface area contributed by atoms with E-state index in [0.717, 1.165) is 6.54 Å². The zero-order valence-electron chi connectivity index (χ0n) is 10.5. The molecule has 0 spiro atoms. The molecule has 2 aromatic rings. The Morgan fingerprint density at radius 2 is 2.32 bits per heavy atom. The zero-order chi connectivity index (χ0) is 13.2. The highest BCUT2D eigenvalue weighted by Gasteiger charge is 2.22. The number of hydrogen-bond donors (Lipinski definition) is 1. The third kappa shape index (κ3) is 2.50. The fourth-order valence-corrected chi connectivity index (χ4v) is 1.94. The topological polar surface area (TPSA) is 60.2 Å². The van der Waals surface area contributed by atoms with Crippen molar-refractivity contribution in [3.8, 4) is 11.4 Å². The maximum absolute atomic E-state index is 13.5. The molecule has 0 saturated carbocycles. The minimum atomic E-state index is -0.278. The fourth-order valence-electron chi connectivity index (χ4n) is 1.94. The minimum absolute atomic E-state index is 0.231. The van der Waals surface area contributed by atoms with Crippen molar-refractivity contribution in [2.75, 3.05) is 19.7 Å². The van der Waals surface area contributed by atoms with Gasteiger partial charge in [0.25, 0.3) is 5.89 Å². The van der Waals surface area contributed by atoms with Gasteiger partial charge in [-0.15, -0.1) is 0 Å². The van der Waals surface area contributed by atoms with Gasteiger partial charge in [-0.2, -0.15) is 4.98 Å². The Bertz CT molecular complexity index is 579. The van der Waals surface area contributed by atoms with Crippen LogP contribution in [0.15, 0.2) is 22.7 Å². The van der Waals surface area contributed by atoms with Crippen LogP contribution in [0.3, 0.4) is 0 Å². The van der Waals surface area contributed by atoms with Crippen LogP contribution in [0.2, 0.25) is 0 Å². The summed E-state index contributed by atoms with van der Waals surface area (Å²) in [7, 11) is 0. The number of nitrogens with one attached hydrogen (secondary N) is 1. The summed E-state index contributed by atoms with van der Waals surface area (Å²) in [6.07, 6.45) is -0.231. The van der Waals surface area contributed by atoms with Crippen molar-refractivity contribution in [1.82, 2.24) is 15.5 Å². The average molecular weight is 263 g/mol. The fraction of sp³-hybridized carbons (Fsp3) is 0.385. The van der Waals surface area contributed by atoms with E-state index in [-0.39, 0.29) is 11.9 Å². The number of aryl methyl sites for hydroxylation is 1. The summed E-state index contributed by atoms with van der Waals surface area (Å²) >= 11 is 0. The van der Waals surface area contributed by atoms with Gasteiger partial charge in [0, 0.05) is 18.7 Å². The summed E-state index contributed by atoms with van der Waals surface area (Å²) in [4.78, 5) is 4.27. The van der Waals surface area contributed by atoms with E-state index < -0.39 is 0 Å². The van der Waals surface area contributed by atoms with Crippen molar-refractivity contribution in [1.29, 1.82) is 0 Å². The molecule has 1 aromatic heterocycles. The number of benzene rings is 1. The van der Waals surface area contributed by atoms with Gasteiger partial charge in [-0.1, -0.05) is 17.3 Å². The number of aromatic nitrogens is 2. The summed E-state index contributed by atoms with van der Waals surface area (Å²) in [6, 6.07) is 4.87. The first-order valence-corrected chi connectivity index (χ1v) is 6.16. The van der Waals surface area contributed by atoms with Gasteiger partial charge in [0.2, 0.25) is 5.82 Å². The molecule has 0 bridgehead atoms. The first-order valence-electron chi connectivity index (χ1n) is 6.16. The highest BCUT2D eigenvalue weighted by Crippen LogP contribution is 2.22. The Morgan fingerprint density at radius 1 is 1.42 bits per heavy atom. The van der Waals surface area contributed by atoms with Gasteiger partial charge >= 0.3 is 0 Å². The Labute approximate surface area is 109 Å². The average Bonchev–Trinajstić information content (AvgIpc) is 2.93. The largest absolute Gasteiger partial charge is 0.366 e. The highest BCUT2D eigenvalue weighted by molar-refractivity contribution is 5.54. The van der Waals surface area contributed by atoms with Gasteiger partial charge in [0.1, 0.15) is 11.9 Å². The van der Waals surface area contributed by atoms with Gasteiger partial charge in [-0.3, -0.25) is 0 Å². The van der Waals surface area contributed by atoms with Crippen LogP contribution in [0.1, 0.15) is 17.6 Å². The maximum atomic E-state index is 13.5. The van der Waals surface area contributed by atoms with Crippen molar-refractivity contribution in [2.24, 2.45) is 0 Å².